The average molecular weight is 188 g/mol. The van der Waals surface area contributed by atoms with E-state index in [1.807, 2.05) is 29.8 Å². The maximum Gasteiger partial charge on any atom is 0.200 e. The first-order valence-corrected chi connectivity index (χ1v) is 4.44. The largest absolute Gasteiger partial charge is 0.369 e. The number of nitrogen functional groups attached to an aromatic ring is 1. The van der Waals surface area contributed by atoms with Gasteiger partial charge in [0.05, 0.1) is 12.2 Å². The fourth-order valence-corrected chi connectivity index (χ4v) is 1.32. The van der Waals surface area contributed by atoms with Crippen LogP contribution in [-0.2, 0) is 6.54 Å². The SMILES string of the molecule is Cc1cccnc1Cn1ccnc1N. The average Bonchev–Trinajstić information content (AvgIpc) is 2.56. The van der Waals surface area contributed by atoms with Gasteiger partial charge in [0.25, 0.3) is 0 Å². The molecule has 0 aliphatic carbocycles. The number of rotatable bonds is 2. The smallest absolute Gasteiger partial charge is 0.200 e. The molecule has 0 aliphatic rings. The molecule has 72 valence electrons. The maximum absolute atomic E-state index is 5.66. The molecule has 0 atom stereocenters. The van der Waals surface area contributed by atoms with Gasteiger partial charge in [-0.05, 0) is 18.6 Å². The van der Waals surface area contributed by atoms with Crippen molar-refractivity contribution in [3.8, 4) is 0 Å². The molecular weight excluding hydrogens is 176 g/mol. The molecule has 0 spiro atoms. The van der Waals surface area contributed by atoms with Crippen LogP contribution < -0.4 is 5.73 Å². The van der Waals surface area contributed by atoms with Gasteiger partial charge in [-0.25, -0.2) is 4.98 Å². The number of aromatic nitrogens is 3. The van der Waals surface area contributed by atoms with Crippen molar-refractivity contribution in [2.24, 2.45) is 0 Å². The van der Waals surface area contributed by atoms with E-state index >= 15 is 0 Å². The third-order valence-corrected chi connectivity index (χ3v) is 2.19. The molecule has 0 unspecified atom stereocenters. The summed E-state index contributed by atoms with van der Waals surface area (Å²) in [6.07, 6.45) is 5.33. The van der Waals surface area contributed by atoms with Gasteiger partial charge >= 0.3 is 0 Å². The maximum atomic E-state index is 5.66. The molecule has 0 amide bonds. The van der Waals surface area contributed by atoms with Gasteiger partial charge < -0.3 is 10.3 Å². The van der Waals surface area contributed by atoms with Gasteiger partial charge in [0.1, 0.15) is 0 Å². The van der Waals surface area contributed by atoms with Crippen molar-refractivity contribution in [2.45, 2.75) is 13.5 Å². The molecule has 2 aromatic rings. The second-order valence-electron chi connectivity index (χ2n) is 3.18. The Labute approximate surface area is 82.4 Å². The van der Waals surface area contributed by atoms with Crippen LogP contribution in [0.2, 0.25) is 0 Å². The Morgan fingerprint density at radius 3 is 2.86 bits per heavy atom. The third kappa shape index (κ3) is 1.59. The molecule has 0 fully saturated rings. The second-order valence-corrected chi connectivity index (χ2v) is 3.18. The summed E-state index contributed by atoms with van der Waals surface area (Å²) in [6, 6.07) is 3.96. The van der Waals surface area contributed by atoms with Crippen molar-refractivity contribution in [1.29, 1.82) is 0 Å². The van der Waals surface area contributed by atoms with E-state index in [2.05, 4.69) is 9.97 Å². The summed E-state index contributed by atoms with van der Waals surface area (Å²) in [5.41, 5.74) is 7.85. The molecule has 4 nitrogen and oxygen atoms in total. The lowest BCUT2D eigenvalue weighted by molar-refractivity contribution is 0.778. The van der Waals surface area contributed by atoms with Crippen molar-refractivity contribution in [2.75, 3.05) is 5.73 Å². The number of hydrogen-bond donors (Lipinski definition) is 1. The quantitative estimate of drug-likeness (QED) is 0.770. The normalized spacial score (nSPS) is 10.4. The Hall–Kier alpha value is -1.84. The summed E-state index contributed by atoms with van der Waals surface area (Å²) < 4.78 is 1.87. The molecule has 2 heterocycles. The summed E-state index contributed by atoms with van der Waals surface area (Å²) in [5, 5.41) is 0. The lowest BCUT2D eigenvalue weighted by Crippen LogP contribution is -2.06. The first kappa shape index (κ1) is 8.74. The Kier molecular flexibility index (Phi) is 2.18. The van der Waals surface area contributed by atoms with E-state index in [1.54, 1.807) is 12.4 Å². The molecular formula is C10H12N4. The summed E-state index contributed by atoms with van der Waals surface area (Å²) in [7, 11) is 0. The highest BCUT2D eigenvalue weighted by atomic mass is 15.1. The molecule has 0 saturated carbocycles. The minimum atomic E-state index is 0.523. The minimum absolute atomic E-state index is 0.523. The summed E-state index contributed by atoms with van der Waals surface area (Å²) in [4.78, 5) is 8.25. The Bertz CT molecular complexity index is 433. The van der Waals surface area contributed by atoms with Gasteiger partial charge in [0, 0.05) is 18.6 Å². The number of aryl methyl sites for hydroxylation is 1. The predicted molar refractivity (Wildman–Crippen MR) is 54.7 cm³/mol. The Balaban J connectivity index is 2.28. The number of anilines is 1. The van der Waals surface area contributed by atoms with E-state index in [0.717, 1.165) is 5.69 Å². The molecule has 4 heteroatoms. The highest BCUT2D eigenvalue weighted by molar-refractivity contribution is 5.22. The van der Waals surface area contributed by atoms with Gasteiger partial charge in [0.2, 0.25) is 0 Å². The zero-order valence-electron chi connectivity index (χ0n) is 8.01. The van der Waals surface area contributed by atoms with Crippen LogP contribution in [-0.4, -0.2) is 14.5 Å². The monoisotopic (exact) mass is 188 g/mol. The van der Waals surface area contributed by atoms with Crippen LogP contribution in [0.5, 0.6) is 0 Å². The summed E-state index contributed by atoms with van der Waals surface area (Å²) in [5.74, 6) is 0.523. The van der Waals surface area contributed by atoms with Crippen LogP contribution >= 0.6 is 0 Å². The third-order valence-electron chi connectivity index (χ3n) is 2.19. The van der Waals surface area contributed by atoms with Gasteiger partial charge in [-0.3, -0.25) is 4.98 Å². The van der Waals surface area contributed by atoms with Gasteiger partial charge in [-0.2, -0.15) is 0 Å². The van der Waals surface area contributed by atoms with E-state index < -0.39 is 0 Å². The fraction of sp³-hybridized carbons (Fsp3) is 0.200. The van der Waals surface area contributed by atoms with Crippen LogP contribution in [0, 0.1) is 6.92 Å². The van der Waals surface area contributed by atoms with Crippen LogP contribution in [0.3, 0.4) is 0 Å². The summed E-state index contributed by atoms with van der Waals surface area (Å²) in [6.45, 7) is 2.72. The van der Waals surface area contributed by atoms with E-state index in [9.17, 15) is 0 Å². The number of pyridine rings is 1. The van der Waals surface area contributed by atoms with Gasteiger partial charge in [-0.15, -0.1) is 0 Å². The molecule has 0 aromatic carbocycles. The number of imidazole rings is 1. The van der Waals surface area contributed by atoms with Gasteiger partial charge in [-0.1, -0.05) is 6.07 Å². The lowest BCUT2D eigenvalue weighted by Gasteiger charge is -2.06. The topological polar surface area (TPSA) is 56.7 Å². The van der Waals surface area contributed by atoms with E-state index in [4.69, 9.17) is 5.73 Å². The molecule has 2 aromatic heterocycles. The van der Waals surface area contributed by atoms with Crippen LogP contribution in [0.15, 0.2) is 30.7 Å². The standard InChI is InChI=1S/C10H12N4/c1-8-3-2-4-12-9(8)7-14-6-5-13-10(14)11/h2-6H,7H2,1H3,(H2,11,13). The zero-order chi connectivity index (χ0) is 9.97. The van der Waals surface area contributed by atoms with E-state index in [1.165, 1.54) is 5.56 Å². The molecule has 0 radical (unpaired) electrons. The zero-order valence-corrected chi connectivity index (χ0v) is 8.01. The van der Waals surface area contributed by atoms with Crippen LogP contribution in [0.25, 0.3) is 0 Å². The van der Waals surface area contributed by atoms with Crippen molar-refractivity contribution in [3.63, 3.8) is 0 Å². The highest BCUT2D eigenvalue weighted by Gasteiger charge is 2.02. The van der Waals surface area contributed by atoms with Crippen molar-refractivity contribution < 1.29 is 0 Å². The van der Waals surface area contributed by atoms with E-state index in [-0.39, 0.29) is 0 Å². The Morgan fingerprint density at radius 2 is 2.21 bits per heavy atom. The van der Waals surface area contributed by atoms with E-state index in [0.29, 0.717) is 12.5 Å². The predicted octanol–water partition coefficient (Wildman–Crippen LogP) is 1.22. The van der Waals surface area contributed by atoms with Crippen molar-refractivity contribution in [3.05, 3.63) is 42.0 Å². The first-order valence-electron chi connectivity index (χ1n) is 4.44. The highest BCUT2D eigenvalue weighted by Crippen LogP contribution is 2.08. The van der Waals surface area contributed by atoms with Gasteiger partial charge in [0.15, 0.2) is 5.95 Å². The van der Waals surface area contributed by atoms with Crippen LogP contribution in [0.4, 0.5) is 5.95 Å². The lowest BCUT2D eigenvalue weighted by atomic mass is 10.2. The molecule has 0 aliphatic heterocycles. The molecule has 0 saturated heterocycles. The summed E-state index contributed by atoms with van der Waals surface area (Å²) >= 11 is 0. The number of nitrogens with two attached hydrogens (primary N) is 1. The second kappa shape index (κ2) is 3.49. The number of hydrogen-bond acceptors (Lipinski definition) is 3. The Morgan fingerprint density at radius 1 is 1.36 bits per heavy atom. The fourth-order valence-electron chi connectivity index (χ4n) is 1.32. The van der Waals surface area contributed by atoms with Crippen molar-refractivity contribution >= 4 is 5.95 Å². The molecule has 2 rings (SSSR count). The van der Waals surface area contributed by atoms with Crippen LogP contribution in [0.1, 0.15) is 11.3 Å². The minimum Gasteiger partial charge on any atom is -0.369 e. The van der Waals surface area contributed by atoms with Crippen molar-refractivity contribution in [1.82, 2.24) is 14.5 Å². The number of nitrogens with zero attached hydrogens (tertiary/aromatic N) is 3. The molecule has 0 bridgehead atoms. The molecule has 14 heavy (non-hydrogen) atoms. The first-order chi connectivity index (χ1) is 6.77. The molecule has 2 N–H and O–H groups in total.